The number of hydrogen-bond acceptors (Lipinski definition) is 3. The third kappa shape index (κ3) is 2.84. The van der Waals surface area contributed by atoms with E-state index in [1.165, 1.54) is 18.4 Å². The summed E-state index contributed by atoms with van der Waals surface area (Å²) in [5.74, 6) is 1.59. The zero-order chi connectivity index (χ0) is 13.4. The summed E-state index contributed by atoms with van der Waals surface area (Å²) in [7, 11) is 0. The summed E-state index contributed by atoms with van der Waals surface area (Å²) in [6, 6.07) is 2.14. The number of amides is 1. The van der Waals surface area contributed by atoms with Crippen LogP contribution in [-0.2, 0) is 4.79 Å². The summed E-state index contributed by atoms with van der Waals surface area (Å²) in [6.07, 6.45) is 3.60. The Hall–Kier alpha value is -0.870. The molecule has 1 N–H and O–H groups in total. The van der Waals surface area contributed by atoms with Gasteiger partial charge in [0.1, 0.15) is 6.17 Å². The number of hydrogen-bond donors (Lipinski definition) is 1. The fraction of sp³-hybridized carbons (Fsp3) is 0.667. The van der Waals surface area contributed by atoms with Gasteiger partial charge in [-0.2, -0.15) is 11.3 Å². The Kier molecular flexibility index (Phi) is 3.63. The molecule has 2 aliphatic rings. The normalized spacial score (nSPS) is 27.5. The molecule has 0 spiro atoms. The molecule has 104 valence electrons. The summed E-state index contributed by atoms with van der Waals surface area (Å²) < 4.78 is 0. The number of thiophene rings is 1. The molecular weight excluding hydrogens is 256 g/mol. The van der Waals surface area contributed by atoms with Gasteiger partial charge in [0.2, 0.25) is 5.91 Å². The zero-order valence-corrected chi connectivity index (χ0v) is 12.5. The molecular formula is C15H22N2OS. The van der Waals surface area contributed by atoms with E-state index in [0.717, 1.165) is 18.9 Å². The molecule has 2 fully saturated rings. The van der Waals surface area contributed by atoms with E-state index in [2.05, 4.69) is 40.9 Å². The Morgan fingerprint density at radius 1 is 1.47 bits per heavy atom. The van der Waals surface area contributed by atoms with Crippen molar-refractivity contribution >= 4 is 17.2 Å². The number of carbonyl (C=O) groups excluding carboxylic acids is 1. The lowest BCUT2D eigenvalue weighted by Gasteiger charge is -2.23. The molecule has 0 aromatic carbocycles. The fourth-order valence-electron chi connectivity index (χ4n) is 2.80. The van der Waals surface area contributed by atoms with Crippen molar-refractivity contribution in [2.45, 2.75) is 45.3 Å². The lowest BCUT2D eigenvalue weighted by Crippen LogP contribution is -2.33. The van der Waals surface area contributed by atoms with Crippen molar-refractivity contribution in [2.24, 2.45) is 11.8 Å². The summed E-state index contributed by atoms with van der Waals surface area (Å²) in [4.78, 5) is 14.7. The molecule has 2 unspecified atom stereocenters. The van der Waals surface area contributed by atoms with Gasteiger partial charge in [-0.05, 0) is 53.5 Å². The van der Waals surface area contributed by atoms with Crippen LogP contribution in [0.25, 0.3) is 0 Å². The van der Waals surface area contributed by atoms with Crippen LogP contribution in [-0.4, -0.2) is 23.4 Å². The number of nitrogens with zero attached hydrogens (tertiary/aromatic N) is 1. The Morgan fingerprint density at radius 2 is 2.26 bits per heavy atom. The van der Waals surface area contributed by atoms with Crippen LogP contribution < -0.4 is 5.32 Å². The molecule has 1 saturated heterocycles. The first-order valence-electron chi connectivity index (χ1n) is 7.23. The predicted molar refractivity (Wildman–Crippen MR) is 77.9 cm³/mol. The summed E-state index contributed by atoms with van der Waals surface area (Å²) in [5.41, 5.74) is 1.24. The van der Waals surface area contributed by atoms with E-state index in [1.54, 1.807) is 11.3 Å². The molecule has 4 heteroatoms. The minimum atomic E-state index is 0.00338. The van der Waals surface area contributed by atoms with Crippen LogP contribution in [0.3, 0.4) is 0 Å². The van der Waals surface area contributed by atoms with Crippen LogP contribution in [0.15, 0.2) is 16.8 Å². The van der Waals surface area contributed by atoms with Gasteiger partial charge >= 0.3 is 0 Å². The number of rotatable bonds is 5. The fourth-order valence-corrected chi connectivity index (χ4v) is 3.48. The molecule has 1 aliphatic heterocycles. The van der Waals surface area contributed by atoms with E-state index < -0.39 is 0 Å². The van der Waals surface area contributed by atoms with E-state index >= 15 is 0 Å². The maximum Gasteiger partial charge on any atom is 0.241 e. The topological polar surface area (TPSA) is 32.3 Å². The Labute approximate surface area is 119 Å². The van der Waals surface area contributed by atoms with Gasteiger partial charge in [-0.3, -0.25) is 10.1 Å². The highest BCUT2D eigenvalue weighted by Crippen LogP contribution is 2.35. The largest absolute Gasteiger partial charge is 0.321 e. The Morgan fingerprint density at radius 3 is 2.84 bits per heavy atom. The zero-order valence-electron chi connectivity index (χ0n) is 11.6. The number of carbonyl (C=O) groups is 1. The van der Waals surface area contributed by atoms with Gasteiger partial charge in [0.15, 0.2) is 0 Å². The molecule has 1 aliphatic carbocycles. The molecule has 19 heavy (non-hydrogen) atoms. The quantitative estimate of drug-likeness (QED) is 0.898. The van der Waals surface area contributed by atoms with Gasteiger partial charge in [0.05, 0.1) is 6.04 Å². The SMILES string of the molecule is CC(C)CC1NC(c2ccsc2)N(CC2CC2)C1=O. The molecule has 2 heterocycles. The lowest BCUT2D eigenvalue weighted by molar-refractivity contribution is -0.130. The minimum absolute atomic E-state index is 0.00338. The molecule has 3 rings (SSSR count). The van der Waals surface area contributed by atoms with Crippen LogP contribution in [0, 0.1) is 11.8 Å². The van der Waals surface area contributed by atoms with Crippen molar-refractivity contribution < 1.29 is 4.79 Å². The Balaban J connectivity index is 1.77. The summed E-state index contributed by atoms with van der Waals surface area (Å²) >= 11 is 1.70. The van der Waals surface area contributed by atoms with Gasteiger partial charge in [-0.15, -0.1) is 0 Å². The first-order valence-corrected chi connectivity index (χ1v) is 8.18. The molecule has 1 saturated carbocycles. The van der Waals surface area contributed by atoms with E-state index in [1.807, 2.05) is 0 Å². The minimum Gasteiger partial charge on any atom is -0.321 e. The molecule has 0 radical (unpaired) electrons. The van der Waals surface area contributed by atoms with Crippen LogP contribution in [0.2, 0.25) is 0 Å². The first-order chi connectivity index (χ1) is 9.15. The van der Waals surface area contributed by atoms with Crippen LogP contribution in [0.1, 0.15) is 44.8 Å². The highest BCUT2D eigenvalue weighted by Gasteiger charge is 2.41. The number of nitrogens with one attached hydrogen (secondary N) is 1. The predicted octanol–water partition coefficient (Wildman–Crippen LogP) is 3.00. The van der Waals surface area contributed by atoms with Crippen molar-refractivity contribution in [3.63, 3.8) is 0 Å². The van der Waals surface area contributed by atoms with Gasteiger partial charge in [0.25, 0.3) is 0 Å². The van der Waals surface area contributed by atoms with Gasteiger partial charge in [0, 0.05) is 6.54 Å². The van der Waals surface area contributed by atoms with Crippen molar-refractivity contribution in [2.75, 3.05) is 6.54 Å². The standard InChI is InChI=1S/C15H22N2OS/c1-10(2)7-13-15(18)17(8-11-3-4-11)14(16-13)12-5-6-19-9-12/h5-6,9-11,13-14,16H,3-4,7-8H2,1-2H3. The third-order valence-corrected chi connectivity index (χ3v) is 4.67. The second-order valence-corrected chi connectivity index (χ2v) is 7.02. The highest BCUT2D eigenvalue weighted by atomic mass is 32.1. The van der Waals surface area contributed by atoms with Crippen molar-refractivity contribution in [1.82, 2.24) is 10.2 Å². The molecule has 1 aromatic rings. The smallest absolute Gasteiger partial charge is 0.241 e. The first kappa shape index (κ1) is 13.1. The second-order valence-electron chi connectivity index (χ2n) is 6.24. The van der Waals surface area contributed by atoms with Crippen molar-refractivity contribution in [1.29, 1.82) is 0 Å². The van der Waals surface area contributed by atoms with E-state index in [-0.39, 0.29) is 12.2 Å². The lowest BCUT2D eigenvalue weighted by atomic mass is 10.0. The molecule has 1 aromatic heterocycles. The monoisotopic (exact) mass is 278 g/mol. The van der Waals surface area contributed by atoms with Crippen LogP contribution in [0.5, 0.6) is 0 Å². The maximum absolute atomic E-state index is 12.6. The van der Waals surface area contributed by atoms with Gasteiger partial charge in [-0.25, -0.2) is 0 Å². The highest BCUT2D eigenvalue weighted by molar-refractivity contribution is 7.07. The third-order valence-electron chi connectivity index (χ3n) is 3.97. The van der Waals surface area contributed by atoms with Gasteiger partial charge in [-0.1, -0.05) is 13.8 Å². The summed E-state index contributed by atoms with van der Waals surface area (Å²) in [6.45, 7) is 5.29. The molecule has 1 amide bonds. The summed E-state index contributed by atoms with van der Waals surface area (Å²) in [5, 5.41) is 7.79. The average molecular weight is 278 g/mol. The Bertz CT molecular complexity index is 439. The van der Waals surface area contributed by atoms with Crippen LogP contribution in [0.4, 0.5) is 0 Å². The molecule has 2 atom stereocenters. The molecule has 0 bridgehead atoms. The van der Waals surface area contributed by atoms with Gasteiger partial charge < -0.3 is 4.90 Å². The van der Waals surface area contributed by atoms with E-state index in [0.29, 0.717) is 11.8 Å². The maximum atomic E-state index is 12.6. The molecule has 3 nitrogen and oxygen atoms in total. The average Bonchev–Trinajstić information content (AvgIpc) is 2.91. The van der Waals surface area contributed by atoms with Crippen molar-refractivity contribution in [3.8, 4) is 0 Å². The van der Waals surface area contributed by atoms with E-state index in [4.69, 9.17) is 0 Å². The van der Waals surface area contributed by atoms with Crippen LogP contribution >= 0.6 is 11.3 Å². The van der Waals surface area contributed by atoms with E-state index in [9.17, 15) is 4.79 Å². The second kappa shape index (κ2) is 5.25. The van der Waals surface area contributed by atoms with Crippen molar-refractivity contribution in [3.05, 3.63) is 22.4 Å².